The van der Waals surface area contributed by atoms with Crippen molar-refractivity contribution in [1.29, 1.82) is 0 Å². The fraction of sp³-hybridized carbons (Fsp3) is 0.0263. The van der Waals surface area contributed by atoms with Crippen LogP contribution in [0.5, 0.6) is 0 Å². The third-order valence-electron chi connectivity index (χ3n) is 9.22. The van der Waals surface area contributed by atoms with E-state index in [2.05, 4.69) is 51.5 Å². The first-order valence-electron chi connectivity index (χ1n) is 15.2. The minimum atomic E-state index is -0.199. The normalized spacial score (nSPS) is 15.0. The Morgan fingerprint density at radius 3 is 2.07 bits per heavy atom. The number of imidazole rings is 1. The summed E-state index contributed by atoms with van der Waals surface area (Å²) in [6, 6.07) is 44.4. The number of nitrogens with zero attached hydrogens (tertiary/aromatic N) is 4. The highest BCUT2D eigenvalue weighted by atomic mass is 16.3. The van der Waals surface area contributed by atoms with Gasteiger partial charge in [-0.05, 0) is 72.8 Å². The number of nitrogen functional groups attached to an aromatic ring is 1. The third kappa shape index (κ3) is 3.29. The standard InChI is InChI=1S/C38H26N6O2/c39-27-21-34-28(40-37-41(23-10-2-1-3-11-23)29-13-5-7-15-31(29)43(34)37)22-33(27)44-32-16-8-6-14-30(32)42(38(44)45)24-18-19-36-26(20-24)25-12-4-9-17-35(25)46-36/h1-22,37,40H,39H2. The lowest BCUT2D eigenvalue weighted by molar-refractivity contribution is 0.669. The molecule has 1 atom stereocenters. The number of nitrogens with two attached hydrogens (primary N) is 1. The van der Waals surface area contributed by atoms with Crippen molar-refractivity contribution in [2.75, 3.05) is 20.9 Å². The number of rotatable bonds is 3. The maximum atomic E-state index is 14.5. The van der Waals surface area contributed by atoms with E-state index >= 15 is 0 Å². The molecule has 6 aromatic carbocycles. The number of hydrogen-bond donors (Lipinski definition) is 2. The fourth-order valence-corrected chi connectivity index (χ4v) is 7.23. The van der Waals surface area contributed by atoms with Gasteiger partial charge in [-0.3, -0.25) is 14.0 Å². The summed E-state index contributed by atoms with van der Waals surface area (Å²) >= 11 is 0. The van der Waals surface area contributed by atoms with Crippen LogP contribution in [-0.2, 0) is 0 Å². The summed E-state index contributed by atoms with van der Waals surface area (Å²) in [7, 11) is 0. The average molecular weight is 599 g/mol. The van der Waals surface area contributed by atoms with Crippen LogP contribution in [0.2, 0.25) is 0 Å². The van der Waals surface area contributed by atoms with E-state index < -0.39 is 0 Å². The van der Waals surface area contributed by atoms with E-state index in [-0.39, 0.29) is 12.0 Å². The molecule has 46 heavy (non-hydrogen) atoms. The SMILES string of the molecule is Nc1cc2c(cc1-n1c(=O)n(-c3ccc4oc5ccccc5c4c3)c3ccccc31)NC1N(c3ccccc3)c3ccccc3N21. The van der Waals surface area contributed by atoms with Gasteiger partial charge in [-0.2, -0.15) is 0 Å². The lowest BCUT2D eigenvalue weighted by atomic mass is 10.1. The first-order valence-corrected chi connectivity index (χ1v) is 15.2. The van der Waals surface area contributed by atoms with Gasteiger partial charge in [0.05, 0.1) is 50.8 Å². The molecule has 8 aromatic rings. The van der Waals surface area contributed by atoms with Crippen LogP contribution < -0.4 is 26.5 Å². The highest BCUT2D eigenvalue weighted by Crippen LogP contribution is 2.54. The second-order valence-corrected chi connectivity index (χ2v) is 11.7. The molecular weight excluding hydrogens is 572 g/mol. The van der Waals surface area contributed by atoms with Crippen molar-refractivity contribution in [2.45, 2.75) is 6.29 Å². The van der Waals surface area contributed by atoms with Gasteiger partial charge in [0.25, 0.3) is 0 Å². The van der Waals surface area contributed by atoms with Crippen molar-refractivity contribution in [2.24, 2.45) is 0 Å². The van der Waals surface area contributed by atoms with Crippen LogP contribution >= 0.6 is 0 Å². The number of furan rings is 1. The Morgan fingerprint density at radius 2 is 1.24 bits per heavy atom. The first kappa shape index (κ1) is 25.0. The summed E-state index contributed by atoms with van der Waals surface area (Å²) in [5.74, 6) is 0. The predicted molar refractivity (Wildman–Crippen MR) is 185 cm³/mol. The van der Waals surface area contributed by atoms with Gasteiger partial charge in [0.2, 0.25) is 0 Å². The van der Waals surface area contributed by atoms with Gasteiger partial charge in [-0.15, -0.1) is 0 Å². The molecule has 8 nitrogen and oxygen atoms in total. The lowest BCUT2D eigenvalue weighted by Gasteiger charge is -2.27. The Morgan fingerprint density at radius 1 is 0.565 bits per heavy atom. The van der Waals surface area contributed by atoms with Crippen molar-refractivity contribution >= 4 is 67.1 Å². The van der Waals surface area contributed by atoms with E-state index in [1.165, 1.54) is 0 Å². The van der Waals surface area contributed by atoms with Gasteiger partial charge < -0.3 is 20.4 Å². The van der Waals surface area contributed by atoms with Gasteiger partial charge in [0.1, 0.15) is 11.2 Å². The molecule has 0 bridgehead atoms. The van der Waals surface area contributed by atoms with E-state index in [1.54, 1.807) is 9.13 Å². The second kappa shape index (κ2) is 9.06. The van der Waals surface area contributed by atoms with Gasteiger partial charge in [0, 0.05) is 16.5 Å². The van der Waals surface area contributed by atoms with Gasteiger partial charge in [-0.25, -0.2) is 4.79 Å². The van der Waals surface area contributed by atoms with Crippen LogP contribution in [0.1, 0.15) is 0 Å². The molecule has 8 heteroatoms. The Hall–Kier alpha value is -6.41. The zero-order valence-corrected chi connectivity index (χ0v) is 24.5. The van der Waals surface area contributed by atoms with Crippen LogP contribution in [0, 0.1) is 0 Å². The van der Waals surface area contributed by atoms with Gasteiger partial charge in [0.15, 0.2) is 6.29 Å². The number of nitrogens with one attached hydrogen (secondary N) is 1. The summed E-state index contributed by atoms with van der Waals surface area (Å²) < 4.78 is 9.53. The molecule has 0 fully saturated rings. The molecule has 0 spiro atoms. The largest absolute Gasteiger partial charge is 0.456 e. The van der Waals surface area contributed by atoms with E-state index in [4.69, 9.17) is 10.2 Å². The van der Waals surface area contributed by atoms with E-state index in [9.17, 15) is 4.79 Å². The number of benzene rings is 6. The minimum absolute atomic E-state index is 0.181. The first-order chi connectivity index (χ1) is 22.7. The molecule has 0 amide bonds. The zero-order chi connectivity index (χ0) is 30.5. The van der Waals surface area contributed by atoms with Crippen molar-refractivity contribution < 1.29 is 4.42 Å². The van der Waals surface area contributed by atoms with Gasteiger partial charge >= 0.3 is 5.69 Å². The molecule has 0 saturated carbocycles. The number of para-hydroxylation sites is 6. The molecular formula is C38H26N6O2. The molecule has 2 aromatic heterocycles. The van der Waals surface area contributed by atoms with E-state index in [1.807, 2.05) is 97.1 Å². The van der Waals surface area contributed by atoms with E-state index in [0.717, 1.165) is 67.1 Å². The third-order valence-corrected chi connectivity index (χ3v) is 9.22. The smallest absolute Gasteiger partial charge is 0.338 e. The maximum Gasteiger partial charge on any atom is 0.338 e. The van der Waals surface area contributed by atoms with Crippen LogP contribution in [0.3, 0.4) is 0 Å². The molecule has 10 rings (SSSR count). The van der Waals surface area contributed by atoms with Gasteiger partial charge in [-0.1, -0.05) is 60.7 Å². The summed E-state index contributed by atoms with van der Waals surface area (Å²) in [6.07, 6.45) is -0.181. The molecule has 0 radical (unpaired) electrons. The maximum absolute atomic E-state index is 14.5. The summed E-state index contributed by atoms with van der Waals surface area (Å²) in [5, 5.41) is 5.70. The molecule has 0 aliphatic carbocycles. The topological polar surface area (TPSA) is 84.6 Å². The van der Waals surface area contributed by atoms with E-state index in [0.29, 0.717) is 11.4 Å². The minimum Gasteiger partial charge on any atom is -0.456 e. The monoisotopic (exact) mass is 598 g/mol. The highest BCUT2D eigenvalue weighted by molar-refractivity contribution is 6.05. The molecule has 220 valence electrons. The Bertz CT molecular complexity index is 2580. The average Bonchev–Trinajstić information content (AvgIpc) is 3.81. The molecule has 2 aliphatic heterocycles. The molecule has 1 unspecified atom stereocenters. The number of anilines is 6. The van der Waals surface area contributed by atoms with Crippen LogP contribution in [0.4, 0.5) is 34.1 Å². The second-order valence-electron chi connectivity index (χ2n) is 11.7. The Balaban J connectivity index is 1.15. The molecule has 0 saturated heterocycles. The molecule has 3 N–H and O–H groups in total. The predicted octanol–water partition coefficient (Wildman–Crippen LogP) is 8.26. The number of aromatic nitrogens is 2. The van der Waals surface area contributed by atoms with Crippen LogP contribution in [-0.4, -0.2) is 15.4 Å². The number of fused-ring (bicyclic) bond motifs is 9. The van der Waals surface area contributed by atoms with Crippen molar-refractivity contribution in [1.82, 2.24) is 9.13 Å². The zero-order valence-electron chi connectivity index (χ0n) is 24.5. The highest BCUT2D eigenvalue weighted by Gasteiger charge is 2.43. The van der Waals surface area contributed by atoms with Crippen LogP contribution in [0.15, 0.2) is 143 Å². The summed E-state index contributed by atoms with van der Waals surface area (Å²) in [4.78, 5) is 19.0. The summed E-state index contributed by atoms with van der Waals surface area (Å²) in [6.45, 7) is 0. The Kier molecular flexibility index (Phi) is 4.92. The summed E-state index contributed by atoms with van der Waals surface area (Å²) in [5.41, 5.74) is 16.9. The Labute approximate surface area is 262 Å². The quantitative estimate of drug-likeness (QED) is 0.199. The van der Waals surface area contributed by atoms with Crippen molar-refractivity contribution in [3.8, 4) is 11.4 Å². The lowest BCUT2D eigenvalue weighted by Crippen LogP contribution is -2.40. The van der Waals surface area contributed by atoms with Crippen molar-refractivity contribution in [3.63, 3.8) is 0 Å². The van der Waals surface area contributed by atoms with Crippen molar-refractivity contribution in [3.05, 3.63) is 144 Å². The molecule has 4 heterocycles. The number of hydrogen-bond acceptors (Lipinski definition) is 6. The molecule has 2 aliphatic rings. The van der Waals surface area contributed by atoms with Crippen LogP contribution in [0.25, 0.3) is 44.3 Å². The fourth-order valence-electron chi connectivity index (χ4n) is 7.23.